The van der Waals surface area contributed by atoms with Gasteiger partial charge in [-0.1, -0.05) is 11.6 Å². The normalized spacial score (nSPS) is 25.7. The SMILES string of the molecule is COc1c(Cl)ncnc1O[C@H]1CC2CCC1N2C(=O)OC(C)(C)C. The fraction of sp³-hybridized carbons (Fsp3) is 0.688. The third kappa shape index (κ3) is 3.22. The van der Waals surface area contributed by atoms with E-state index in [1.54, 1.807) is 0 Å². The first-order chi connectivity index (χ1) is 11.3. The summed E-state index contributed by atoms with van der Waals surface area (Å²) in [5.74, 6) is 0.616. The zero-order valence-corrected chi connectivity index (χ0v) is 15.0. The van der Waals surface area contributed by atoms with E-state index in [1.807, 2.05) is 25.7 Å². The van der Waals surface area contributed by atoms with Crippen LogP contribution in [0.5, 0.6) is 11.6 Å². The number of nitrogens with zero attached hydrogens (tertiary/aromatic N) is 3. The number of halogens is 1. The smallest absolute Gasteiger partial charge is 0.410 e. The molecule has 2 aliphatic heterocycles. The zero-order chi connectivity index (χ0) is 17.5. The highest BCUT2D eigenvalue weighted by Crippen LogP contribution is 2.42. The van der Waals surface area contributed by atoms with Gasteiger partial charge >= 0.3 is 6.09 Å². The lowest BCUT2D eigenvalue weighted by molar-refractivity contribution is 0.0179. The van der Waals surface area contributed by atoms with Crippen molar-refractivity contribution in [3.8, 4) is 11.6 Å². The highest BCUT2D eigenvalue weighted by atomic mass is 35.5. The van der Waals surface area contributed by atoms with Crippen LogP contribution in [0.4, 0.5) is 4.79 Å². The minimum Gasteiger partial charge on any atom is -0.489 e. The molecule has 0 radical (unpaired) electrons. The van der Waals surface area contributed by atoms with E-state index in [1.165, 1.54) is 13.4 Å². The molecular weight excluding hydrogens is 334 g/mol. The molecule has 8 heteroatoms. The Morgan fingerprint density at radius 1 is 1.33 bits per heavy atom. The monoisotopic (exact) mass is 355 g/mol. The summed E-state index contributed by atoms with van der Waals surface area (Å²) in [6.45, 7) is 5.60. The summed E-state index contributed by atoms with van der Waals surface area (Å²) in [5, 5.41) is 0.203. The molecule has 1 amide bonds. The summed E-state index contributed by atoms with van der Waals surface area (Å²) in [5.41, 5.74) is -0.515. The molecule has 0 spiro atoms. The van der Waals surface area contributed by atoms with Gasteiger partial charge in [0, 0.05) is 12.5 Å². The van der Waals surface area contributed by atoms with E-state index in [9.17, 15) is 4.79 Å². The first-order valence-corrected chi connectivity index (χ1v) is 8.40. The van der Waals surface area contributed by atoms with E-state index in [2.05, 4.69) is 9.97 Å². The van der Waals surface area contributed by atoms with Gasteiger partial charge in [-0.2, -0.15) is 4.98 Å². The van der Waals surface area contributed by atoms with Crippen molar-refractivity contribution in [2.45, 2.75) is 63.8 Å². The molecule has 0 N–H and O–H groups in total. The van der Waals surface area contributed by atoms with Gasteiger partial charge < -0.3 is 14.2 Å². The van der Waals surface area contributed by atoms with Crippen molar-refractivity contribution >= 4 is 17.7 Å². The molecular formula is C16H22ClN3O4. The Labute approximate surface area is 146 Å². The molecule has 132 valence electrons. The van der Waals surface area contributed by atoms with Gasteiger partial charge in [-0.25, -0.2) is 9.78 Å². The van der Waals surface area contributed by atoms with Crippen molar-refractivity contribution < 1.29 is 19.0 Å². The Morgan fingerprint density at radius 2 is 2.08 bits per heavy atom. The third-order valence-corrected chi connectivity index (χ3v) is 4.55. The Balaban J connectivity index is 1.74. The van der Waals surface area contributed by atoms with Crippen molar-refractivity contribution in [1.29, 1.82) is 0 Å². The van der Waals surface area contributed by atoms with Crippen molar-refractivity contribution in [3.05, 3.63) is 11.5 Å². The van der Waals surface area contributed by atoms with E-state index in [-0.39, 0.29) is 29.4 Å². The van der Waals surface area contributed by atoms with E-state index in [0.29, 0.717) is 11.6 Å². The van der Waals surface area contributed by atoms with Gasteiger partial charge in [-0.15, -0.1) is 0 Å². The van der Waals surface area contributed by atoms with E-state index >= 15 is 0 Å². The van der Waals surface area contributed by atoms with Crippen molar-refractivity contribution in [1.82, 2.24) is 14.9 Å². The molecule has 7 nitrogen and oxygen atoms in total. The van der Waals surface area contributed by atoms with Crippen molar-refractivity contribution in [3.63, 3.8) is 0 Å². The predicted molar refractivity (Wildman–Crippen MR) is 87.5 cm³/mol. The topological polar surface area (TPSA) is 73.8 Å². The second-order valence-electron chi connectivity index (χ2n) is 7.08. The van der Waals surface area contributed by atoms with Gasteiger partial charge in [0.05, 0.1) is 13.2 Å². The maximum Gasteiger partial charge on any atom is 0.410 e. The Morgan fingerprint density at radius 3 is 2.75 bits per heavy atom. The average molecular weight is 356 g/mol. The molecule has 3 heterocycles. The largest absolute Gasteiger partial charge is 0.489 e. The molecule has 0 saturated carbocycles. The van der Waals surface area contributed by atoms with E-state index in [4.69, 9.17) is 25.8 Å². The third-order valence-electron chi connectivity index (χ3n) is 4.28. The number of carbonyl (C=O) groups excluding carboxylic acids is 1. The molecule has 1 aromatic heterocycles. The first-order valence-electron chi connectivity index (χ1n) is 8.02. The summed E-state index contributed by atoms with van der Waals surface area (Å²) >= 11 is 6.01. The highest BCUT2D eigenvalue weighted by Gasteiger charge is 2.51. The van der Waals surface area contributed by atoms with Gasteiger partial charge in [-0.3, -0.25) is 4.90 Å². The van der Waals surface area contributed by atoms with Crippen molar-refractivity contribution in [2.24, 2.45) is 0 Å². The number of methoxy groups -OCH3 is 1. The Hall–Kier alpha value is -1.76. The number of amides is 1. The van der Waals surface area contributed by atoms with Crippen LogP contribution < -0.4 is 9.47 Å². The number of hydrogen-bond donors (Lipinski definition) is 0. The molecule has 0 aromatic carbocycles. The average Bonchev–Trinajstić information content (AvgIpc) is 3.03. The number of carbonyl (C=O) groups is 1. The maximum atomic E-state index is 12.5. The van der Waals surface area contributed by atoms with Crippen LogP contribution in [0.15, 0.2) is 6.33 Å². The summed E-state index contributed by atoms with van der Waals surface area (Å²) in [6, 6.07) is 0.112. The quantitative estimate of drug-likeness (QED) is 0.776. The lowest BCUT2D eigenvalue weighted by atomic mass is 9.98. The zero-order valence-electron chi connectivity index (χ0n) is 14.3. The molecule has 2 unspecified atom stereocenters. The molecule has 0 aliphatic carbocycles. The lowest BCUT2D eigenvalue weighted by Crippen LogP contribution is -2.42. The second-order valence-corrected chi connectivity index (χ2v) is 7.44. The van der Waals surface area contributed by atoms with Crippen LogP contribution in [0, 0.1) is 0 Å². The fourth-order valence-electron chi connectivity index (χ4n) is 3.40. The Kier molecular flexibility index (Phi) is 4.46. The molecule has 2 aliphatic rings. The minimum atomic E-state index is -0.515. The maximum absolute atomic E-state index is 12.5. The molecule has 24 heavy (non-hydrogen) atoms. The van der Waals surface area contributed by atoms with Crippen LogP contribution in [0.25, 0.3) is 0 Å². The predicted octanol–water partition coefficient (Wildman–Crippen LogP) is 3.06. The summed E-state index contributed by atoms with van der Waals surface area (Å²) in [4.78, 5) is 22.3. The Bertz CT molecular complexity index is 634. The first kappa shape index (κ1) is 17.1. The number of fused-ring (bicyclic) bond motifs is 2. The van der Waals surface area contributed by atoms with Gasteiger partial charge in [0.15, 0.2) is 5.15 Å². The molecule has 2 saturated heterocycles. The van der Waals surface area contributed by atoms with Crippen LogP contribution in [0.2, 0.25) is 5.15 Å². The highest BCUT2D eigenvalue weighted by molar-refractivity contribution is 6.31. The molecule has 2 fully saturated rings. The molecule has 3 atom stereocenters. The summed E-state index contributed by atoms with van der Waals surface area (Å²) < 4.78 is 16.8. The molecule has 3 rings (SSSR count). The van der Waals surface area contributed by atoms with Gasteiger partial charge in [0.1, 0.15) is 18.0 Å². The number of rotatable bonds is 3. The van der Waals surface area contributed by atoms with E-state index < -0.39 is 5.60 Å². The van der Waals surface area contributed by atoms with E-state index in [0.717, 1.165) is 19.3 Å². The van der Waals surface area contributed by atoms with Crippen molar-refractivity contribution in [2.75, 3.05) is 7.11 Å². The van der Waals surface area contributed by atoms with Gasteiger partial charge in [-0.05, 0) is 33.6 Å². The number of ether oxygens (including phenoxy) is 3. The van der Waals surface area contributed by atoms with Crippen LogP contribution in [0.1, 0.15) is 40.0 Å². The number of hydrogen-bond acceptors (Lipinski definition) is 6. The van der Waals surface area contributed by atoms with Crippen LogP contribution in [0.3, 0.4) is 0 Å². The second kappa shape index (κ2) is 6.27. The van der Waals surface area contributed by atoms with Crippen LogP contribution in [-0.4, -0.2) is 51.9 Å². The number of aromatic nitrogens is 2. The van der Waals surface area contributed by atoms with Crippen LogP contribution >= 0.6 is 11.6 Å². The fourth-order valence-corrected chi connectivity index (χ4v) is 3.60. The molecule has 2 bridgehead atoms. The van der Waals surface area contributed by atoms with Gasteiger partial charge in [0.2, 0.25) is 5.75 Å². The summed E-state index contributed by atoms with van der Waals surface area (Å²) in [6.07, 6.45) is 3.49. The molecule has 1 aromatic rings. The van der Waals surface area contributed by atoms with Crippen LogP contribution in [-0.2, 0) is 4.74 Å². The standard InChI is InChI=1S/C16H22ClN3O4/c1-16(2,3)24-15(21)20-9-5-6-10(20)11(7-9)23-14-12(22-4)13(17)18-8-19-14/h8-11H,5-7H2,1-4H3/t9?,10?,11-/m0/s1. The minimum absolute atomic E-state index is 0.0247. The lowest BCUT2D eigenvalue weighted by Gasteiger charge is -2.28. The van der Waals surface area contributed by atoms with Gasteiger partial charge in [0.25, 0.3) is 5.88 Å². The summed E-state index contributed by atoms with van der Waals surface area (Å²) in [7, 11) is 1.49.